The summed E-state index contributed by atoms with van der Waals surface area (Å²) >= 11 is 1.41. The van der Waals surface area contributed by atoms with Crippen molar-refractivity contribution in [3.05, 3.63) is 94.9 Å². The molecule has 1 aliphatic rings. The molecule has 5 aromatic rings. The number of nitrogens with one attached hydrogen (secondary N) is 1. The SMILES string of the molecule is COc1cccc(-c2csc3nc(NC(=O)c4ccc(N5C(=O)c6ccccc6C5=O)cc4)nn23)c1. The van der Waals surface area contributed by atoms with Gasteiger partial charge in [-0.15, -0.1) is 16.4 Å². The van der Waals surface area contributed by atoms with Gasteiger partial charge in [0.05, 0.1) is 29.6 Å². The molecule has 3 heterocycles. The third-order valence-corrected chi connectivity index (χ3v) is 6.67. The molecule has 6 rings (SSSR count). The molecule has 1 aliphatic heterocycles. The number of imide groups is 1. The van der Waals surface area contributed by atoms with E-state index in [1.165, 1.54) is 11.3 Å². The van der Waals surface area contributed by atoms with E-state index in [0.29, 0.717) is 27.3 Å². The van der Waals surface area contributed by atoms with Gasteiger partial charge in [0.15, 0.2) is 0 Å². The average Bonchev–Trinajstić information content (AvgIpc) is 3.56. The first-order valence-electron chi connectivity index (χ1n) is 10.9. The Hall–Kier alpha value is -4.83. The molecule has 3 aromatic carbocycles. The largest absolute Gasteiger partial charge is 0.497 e. The number of carbonyl (C=O) groups is 3. The summed E-state index contributed by atoms with van der Waals surface area (Å²) in [6, 6.07) is 20.5. The maximum atomic E-state index is 12.8. The number of benzene rings is 3. The number of ether oxygens (including phenoxy) is 1. The number of nitrogens with zero attached hydrogens (tertiary/aromatic N) is 4. The number of thiazole rings is 1. The minimum Gasteiger partial charge on any atom is -0.497 e. The molecule has 0 aliphatic carbocycles. The first-order valence-corrected chi connectivity index (χ1v) is 11.8. The van der Waals surface area contributed by atoms with Crippen LogP contribution < -0.4 is 15.0 Å². The molecular formula is C26H17N5O4S. The Balaban J connectivity index is 1.21. The fourth-order valence-electron chi connectivity index (χ4n) is 4.07. The Kier molecular flexibility index (Phi) is 5.08. The number of carbonyl (C=O) groups excluding carboxylic acids is 3. The van der Waals surface area contributed by atoms with Crippen molar-refractivity contribution < 1.29 is 19.1 Å². The van der Waals surface area contributed by atoms with Crippen LogP contribution in [0.2, 0.25) is 0 Å². The predicted molar refractivity (Wildman–Crippen MR) is 135 cm³/mol. The number of hydrogen-bond acceptors (Lipinski definition) is 7. The second kappa shape index (κ2) is 8.43. The highest BCUT2D eigenvalue weighted by Crippen LogP contribution is 2.30. The van der Waals surface area contributed by atoms with Crippen LogP contribution in [0.5, 0.6) is 5.75 Å². The highest BCUT2D eigenvalue weighted by Gasteiger charge is 2.36. The van der Waals surface area contributed by atoms with Crippen molar-refractivity contribution in [2.24, 2.45) is 0 Å². The minimum atomic E-state index is -0.412. The highest BCUT2D eigenvalue weighted by atomic mass is 32.1. The number of anilines is 2. The molecule has 0 saturated heterocycles. The van der Waals surface area contributed by atoms with Gasteiger partial charge in [0.25, 0.3) is 23.7 Å². The molecule has 0 bridgehead atoms. The number of rotatable bonds is 5. The van der Waals surface area contributed by atoms with Gasteiger partial charge >= 0.3 is 0 Å². The quantitative estimate of drug-likeness (QED) is 0.360. The summed E-state index contributed by atoms with van der Waals surface area (Å²) in [5.41, 5.74) is 3.19. The van der Waals surface area contributed by atoms with E-state index >= 15 is 0 Å². The third kappa shape index (κ3) is 3.51. The molecule has 9 nitrogen and oxygen atoms in total. The van der Waals surface area contributed by atoms with Crippen molar-refractivity contribution >= 4 is 45.7 Å². The second-order valence-electron chi connectivity index (χ2n) is 7.97. The zero-order valence-electron chi connectivity index (χ0n) is 18.8. The molecule has 0 radical (unpaired) electrons. The van der Waals surface area contributed by atoms with Crippen LogP contribution in [0.25, 0.3) is 16.2 Å². The van der Waals surface area contributed by atoms with Gasteiger partial charge in [-0.1, -0.05) is 24.3 Å². The average molecular weight is 496 g/mol. The molecule has 0 atom stereocenters. The Morgan fingerprint density at radius 2 is 1.67 bits per heavy atom. The smallest absolute Gasteiger partial charge is 0.266 e. The summed E-state index contributed by atoms with van der Waals surface area (Å²) in [7, 11) is 1.61. The first kappa shape index (κ1) is 21.7. The maximum absolute atomic E-state index is 12.8. The lowest BCUT2D eigenvalue weighted by atomic mass is 10.1. The second-order valence-corrected chi connectivity index (χ2v) is 8.81. The monoisotopic (exact) mass is 495 g/mol. The Labute approximate surface area is 208 Å². The summed E-state index contributed by atoms with van der Waals surface area (Å²) in [4.78, 5) is 44.4. The Bertz CT molecular complexity index is 1640. The van der Waals surface area contributed by atoms with Crippen LogP contribution in [-0.4, -0.2) is 39.4 Å². The summed E-state index contributed by atoms with van der Waals surface area (Å²) in [5.74, 6) is -0.292. The van der Waals surface area contributed by atoms with E-state index in [0.717, 1.165) is 21.9 Å². The van der Waals surface area contributed by atoms with Crippen molar-refractivity contribution in [1.29, 1.82) is 0 Å². The van der Waals surface area contributed by atoms with E-state index in [4.69, 9.17) is 4.74 Å². The van der Waals surface area contributed by atoms with Crippen LogP contribution in [0.15, 0.2) is 78.2 Å². The molecule has 2 aromatic heterocycles. The van der Waals surface area contributed by atoms with E-state index < -0.39 is 5.91 Å². The molecule has 0 saturated carbocycles. The summed E-state index contributed by atoms with van der Waals surface area (Å²) in [6.07, 6.45) is 0. The van der Waals surface area contributed by atoms with Gasteiger partial charge in [-0.3, -0.25) is 19.7 Å². The van der Waals surface area contributed by atoms with E-state index in [1.807, 2.05) is 29.6 Å². The van der Waals surface area contributed by atoms with Crippen molar-refractivity contribution in [3.63, 3.8) is 0 Å². The van der Waals surface area contributed by atoms with Crippen LogP contribution in [-0.2, 0) is 0 Å². The fraction of sp³-hybridized carbons (Fsp3) is 0.0385. The minimum absolute atomic E-state index is 0.167. The number of methoxy groups -OCH3 is 1. The zero-order chi connectivity index (χ0) is 24.8. The molecule has 176 valence electrons. The topological polar surface area (TPSA) is 106 Å². The van der Waals surface area contributed by atoms with Gasteiger partial charge in [0.1, 0.15) is 5.75 Å². The summed E-state index contributed by atoms with van der Waals surface area (Å²) < 4.78 is 6.97. The van der Waals surface area contributed by atoms with Gasteiger partial charge in [0, 0.05) is 16.5 Å². The van der Waals surface area contributed by atoms with Gasteiger partial charge < -0.3 is 4.74 Å². The van der Waals surface area contributed by atoms with Crippen LogP contribution in [0.1, 0.15) is 31.1 Å². The maximum Gasteiger partial charge on any atom is 0.266 e. The van der Waals surface area contributed by atoms with Gasteiger partial charge in [0.2, 0.25) is 4.96 Å². The van der Waals surface area contributed by atoms with E-state index in [1.54, 1.807) is 60.2 Å². The standard InChI is InChI=1S/C26H17N5O4S/c1-35-18-6-4-5-16(13-18)21-14-36-26-28-25(29-31(21)26)27-22(32)15-9-11-17(12-10-15)30-23(33)19-7-2-3-8-20(19)24(30)34/h2-14H,1H3,(H,27,29,32). The molecule has 0 unspecified atom stereocenters. The first-order chi connectivity index (χ1) is 17.5. The van der Waals surface area contributed by atoms with Crippen molar-refractivity contribution in [1.82, 2.24) is 14.6 Å². The molecule has 36 heavy (non-hydrogen) atoms. The lowest BCUT2D eigenvalue weighted by molar-refractivity contribution is 0.0925. The summed E-state index contributed by atoms with van der Waals surface area (Å²) in [5, 5.41) is 9.09. The fourth-order valence-corrected chi connectivity index (χ4v) is 4.91. The van der Waals surface area contributed by atoms with Crippen molar-refractivity contribution in [2.45, 2.75) is 0 Å². The van der Waals surface area contributed by atoms with E-state index in [-0.39, 0.29) is 17.8 Å². The highest BCUT2D eigenvalue weighted by molar-refractivity contribution is 7.15. The molecule has 10 heteroatoms. The molecule has 3 amide bonds. The number of aromatic nitrogens is 3. The normalized spacial score (nSPS) is 12.8. The lowest BCUT2D eigenvalue weighted by Gasteiger charge is -2.14. The summed E-state index contributed by atoms with van der Waals surface area (Å²) in [6.45, 7) is 0. The molecule has 0 fully saturated rings. The Morgan fingerprint density at radius 1 is 0.944 bits per heavy atom. The molecule has 0 spiro atoms. The van der Waals surface area contributed by atoms with E-state index in [9.17, 15) is 14.4 Å². The van der Waals surface area contributed by atoms with Gasteiger partial charge in [-0.2, -0.15) is 4.98 Å². The number of hydrogen-bond donors (Lipinski definition) is 1. The van der Waals surface area contributed by atoms with Crippen LogP contribution in [0, 0.1) is 0 Å². The van der Waals surface area contributed by atoms with Crippen LogP contribution in [0.4, 0.5) is 11.6 Å². The van der Waals surface area contributed by atoms with Gasteiger partial charge in [-0.25, -0.2) is 9.42 Å². The zero-order valence-corrected chi connectivity index (χ0v) is 19.7. The predicted octanol–water partition coefficient (Wildman–Crippen LogP) is 4.52. The van der Waals surface area contributed by atoms with Crippen LogP contribution in [0.3, 0.4) is 0 Å². The van der Waals surface area contributed by atoms with E-state index in [2.05, 4.69) is 15.4 Å². The molecule has 1 N–H and O–H groups in total. The Morgan fingerprint density at radius 3 is 2.36 bits per heavy atom. The number of amides is 3. The third-order valence-electron chi connectivity index (χ3n) is 5.85. The molecular weight excluding hydrogens is 478 g/mol. The lowest BCUT2D eigenvalue weighted by Crippen LogP contribution is -2.29. The number of fused-ring (bicyclic) bond motifs is 2. The van der Waals surface area contributed by atoms with Crippen LogP contribution >= 0.6 is 11.3 Å². The van der Waals surface area contributed by atoms with Gasteiger partial charge in [-0.05, 0) is 48.5 Å². The van der Waals surface area contributed by atoms with Crippen molar-refractivity contribution in [3.8, 4) is 17.0 Å². The van der Waals surface area contributed by atoms with Crippen molar-refractivity contribution in [2.75, 3.05) is 17.3 Å².